The molecule has 5 unspecified atom stereocenters. The lowest BCUT2D eigenvalue weighted by molar-refractivity contribution is 0.351. The third-order valence-electron chi connectivity index (χ3n) is 3.83. The summed E-state index contributed by atoms with van der Waals surface area (Å²) in [6, 6.07) is 0. The van der Waals surface area contributed by atoms with Gasteiger partial charge < -0.3 is 0 Å². The Morgan fingerprint density at radius 1 is 0.786 bits per heavy atom. The molecule has 0 aliphatic heterocycles. The Bertz CT molecular complexity index is 163. The van der Waals surface area contributed by atoms with Gasteiger partial charge in [-0.05, 0) is 27.8 Å². The summed E-state index contributed by atoms with van der Waals surface area (Å²) in [5.74, 6) is 1.35. The van der Waals surface area contributed by atoms with Crippen molar-refractivity contribution in [3.8, 4) is 0 Å². The summed E-state index contributed by atoms with van der Waals surface area (Å²) in [4.78, 5) is 0. The Labute approximate surface area is 97.4 Å². The topological polar surface area (TPSA) is 0 Å². The molecule has 0 radical (unpaired) electrons. The highest BCUT2D eigenvalue weighted by molar-refractivity contribution is 7.27. The van der Waals surface area contributed by atoms with Crippen LogP contribution in [0, 0.1) is 11.8 Å². The molecular formula is C11H27P3. The van der Waals surface area contributed by atoms with Crippen LogP contribution in [0.15, 0.2) is 0 Å². The van der Waals surface area contributed by atoms with E-state index in [0.717, 1.165) is 0 Å². The van der Waals surface area contributed by atoms with E-state index in [0.29, 0.717) is 17.5 Å². The molecule has 0 amide bonds. The summed E-state index contributed by atoms with van der Waals surface area (Å²) in [5.41, 5.74) is 0.588. The van der Waals surface area contributed by atoms with Crippen LogP contribution < -0.4 is 0 Å². The highest BCUT2D eigenvalue weighted by Crippen LogP contribution is 2.47. The molecule has 0 aromatic rings. The molecule has 0 N–H and O–H groups in total. The minimum absolute atomic E-state index is 0.283. The van der Waals surface area contributed by atoms with Crippen molar-refractivity contribution in [1.29, 1.82) is 0 Å². The van der Waals surface area contributed by atoms with Gasteiger partial charge in [0, 0.05) is 0 Å². The lowest BCUT2D eigenvalue weighted by atomic mass is 9.81. The predicted molar refractivity (Wildman–Crippen MR) is 79.4 cm³/mol. The van der Waals surface area contributed by atoms with Crippen LogP contribution in [0.3, 0.4) is 0 Å². The summed E-state index contributed by atoms with van der Waals surface area (Å²) in [6.07, 6.45) is 0. The van der Waals surface area contributed by atoms with Crippen LogP contribution in [0.25, 0.3) is 0 Å². The third-order valence-corrected chi connectivity index (χ3v) is 8.09. The van der Waals surface area contributed by atoms with Crippen molar-refractivity contribution in [2.75, 3.05) is 0 Å². The zero-order valence-electron chi connectivity index (χ0n) is 10.5. The molecular weight excluding hydrogens is 225 g/mol. The first-order valence-electron chi connectivity index (χ1n) is 5.37. The molecule has 0 rings (SSSR count). The van der Waals surface area contributed by atoms with E-state index in [1.807, 2.05) is 0 Å². The van der Waals surface area contributed by atoms with Crippen molar-refractivity contribution in [3.05, 3.63) is 0 Å². The molecule has 0 bridgehead atoms. The minimum atomic E-state index is 0.283. The van der Waals surface area contributed by atoms with Gasteiger partial charge in [0.25, 0.3) is 0 Å². The molecule has 0 heterocycles. The molecule has 0 fully saturated rings. The van der Waals surface area contributed by atoms with Gasteiger partial charge in [-0.1, -0.05) is 41.5 Å². The normalized spacial score (nSPS) is 23.4. The SMILES string of the molecule is CC(C)C(C)(P)C(P)C(C)(P)C(C)C. The molecule has 0 nitrogen and oxygen atoms in total. The van der Waals surface area contributed by atoms with Crippen molar-refractivity contribution in [2.45, 2.75) is 57.5 Å². The van der Waals surface area contributed by atoms with Crippen LogP contribution in [-0.2, 0) is 0 Å². The van der Waals surface area contributed by atoms with Gasteiger partial charge in [-0.15, -0.1) is 27.7 Å². The van der Waals surface area contributed by atoms with E-state index in [2.05, 4.69) is 69.3 Å². The fourth-order valence-corrected chi connectivity index (χ4v) is 3.07. The van der Waals surface area contributed by atoms with Crippen molar-refractivity contribution in [2.24, 2.45) is 11.8 Å². The highest BCUT2D eigenvalue weighted by atomic mass is 31.0. The average molecular weight is 252 g/mol. The maximum atomic E-state index is 3.04. The van der Waals surface area contributed by atoms with Crippen LogP contribution in [-0.4, -0.2) is 16.0 Å². The Morgan fingerprint density at radius 2 is 1.00 bits per heavy atom. The molecule has 0 saturated carbocycles. The van der Waals surface area contributed by atoms with E-state index in [1.54, 1.807) is 0 Å². The molecule has 86 valence electrons. The van der Waals surface area contributed by atoms with Gasteiger partial charge in [0.2, 0.25) is 0 Å². The number of rotatable bonds is 4. The van der Waals surface area contributed by atoms with E-state index >= 15 is 0 Å². The van der Waals surface area contributed by atoms with Gasteiger partial charge in [0.15, 0.2) is 0 Å². The standard InChI is InChI=1S/C11H27P3/c1-7(2)10(5,13)9(12)11(6,14)8(3)4/h7-9H,12-14H2,1-6H3. The molecule has 0 aromatic heterocycles. The van der Waals surface area contributed by atoms with Gasteiger partial charge in [-0.25, -0.2) is 0 Å². The second kappa shape index (κ2) is 5.08. The zero-order chi connectivity index (χ0) is 11.7. The molecule has 5 atom stereocenters. The van der Waals surface area contributed by atoms with Crippen molar-refractivity contribution in [1.82, 2.24) is 0 Å². The Hall–Kier alpha value is 1.29. The lowest BCUT2D eigenvalue weighted by Crippen LogP contribution is -2.48. The van der Waals surface area contributed by atoms with Gasteiger partial charge in [-0.3, -0.25) is 0 Å². The van der Waals surface area contributed by atoms with Crippen LogP contribution in [0.1, 0.15) is 41.5 Å². The van der Waals surface area contributed by atoms with E-state index in [-0.39, 0.29) is 10.3 Å². The molecule has 0 aliphatic carbocycles. The smallest absolute Gasteiger partial charge is 0.00829 e. The lowest BCUT2D eigenvalue weighted by Gasteiger charge is -2.46. The molecule has 0 aromatic carbocycles. The maximum Gasteiger partial charge on any atom is -0.00829 e. The Kier molecular flexibility index (Phi) is 5.55. The van der Waals surface area contributed by atoms with Crippen LogP contribution in [0.2, 0.25) is 0 Å². The molecule has 0 saturated heterocycles. The van der Waals surface area contributed by atoms with Crippen LogP contribution >= 0.6 is 27.7 Å². The first-order valence-corrected chi connectivity index (χ1v) is 7.20. The monoisotopic (exact) mass is 252 g/mol. The van der Waals surface area contributed by atoms with E-state index in [4.69, 9.17) is 0 Å². The first-order chi connectivity index (χ1) is 6.04. The number of hydrogen-bond donors (Lipinski definition) is 0. The first kappa shape index (κ1) is 15.3. The second-order valence-electron chi connectivity index (χ2n) is 5.52. The molecule has 0 aliphatic rings. The third kappa shape index (κ3) is 3.14. The van der Waals surface area contributed by atoms with Gasteiger partial charge in [0.1, 0.15) is 0 Å². The van der Waals surface area contributed by atoms with E-state index < -0.39 is 0 Å². The average Bonchev–Trinajstić information content (AvgIpc) is 2.02. The van der Waals surface area contributed by atoms with Crippen molar-refractivity contribution < 1.29 is 0 Å². The Morgan fingerprint density at radius 3 is 1.14 bits per heavy atom. The summed E-state index contributed by atoms with van der Waals surface area (Å²) >= 11 is 0. The summed E-state index contributed by atoms with van der Waals surface area (Å²) < 4.78 is 0. The van der Waals surface area contributed by atoms with Gasteiger partial charge in [-0.2, -0.15) is 0 Å². The summed E-state index contributed by atoms with van der Waals surface area (Å²) in [6.45, 7) is 13.9. The fraction of sp³-hybridized carbons (Fsp3) is 1.00. The quantitative estimate of drug-likeness (QED) is 0.667. The number of hydrogen-bond acceptors (Lipinski definition) is 0. The zero-order valence-corrected chi connectivity index (χ0v) is 13.9. The van der Waals surface area contributed by atoms with Crippen LogP contribution in [0.5, 0.6) is 0 Å². The van der Waals surface area contributed by atoms with Gasteiger partial charge in [0.05, 0.1) is 0 Å². The van der Waals surface area contributed by atoms with Crippen molar-refractivity contribution in [3.63, 3.8) is 0 Å². The minimum Gasteiger partial charge on any atom is -0.133 e. The Balaban J connectivity index is 4.85. The fourth-order valence-electron chi connectivity index (χ4n) is 1.39. The highest BCUT2D eigenvalue weighted by Gasteiger charge is 2.41. The maximum absolute atomic E-state index is 3.04. The second-order valence-corrected chi connectivity index (χ2v) is 8.67. The largest absolute Gasteiger partial charge is 0.133 e. The molecule has 14 heavy (non-hydrogen) atoms. The predicted octanol–water partition coefficient (Wildman–Crippen LogP) is 3.81. The summed E-state index contributed by atoms with van der Waals surface area (Å²) in [7, 11) is 9.13. The molecule has 0 spiro atoms. The van der Waals surface area contributed by atoms with E-state index in [9.17, 15) is 0 Å². The summed E-state index contributed by atoms with van der Waals surface area (Å²) in [5, 5.41) is 0.566. The molecule has 3 heteroatoms. The van der Waals surface area contributed by atoms with Crippen molar-refractivity contribution >= 4 is 27.7 Å². The van der Waals surface area contributed by atoms with Gasteiger partial charge >= 0.3 is 0 Å². The van der Waals surface area contributed by atoms with Crippen LogP contribution in [0.4, 0.5) is 0 Å². The van der Waals surface area contributed by atoms with E-state index in [1.165, 1.54) is 0 Å².